The van der Waals surface area contributed by atoms with E-state index in [-0.39, 0.29) is 24.7 Å². The summed E-state index contributed by atoms with van der Waals surface area (Å²) in [6.07, 6.45) is -1.25. The molecule has 2 aliphatic rings. The SMILES string of the molecule is CC(C)(C)OC(=O)CC1SC[C@@H]2[C@H](NC(=O)OCc3ccccc3)C(=O)N2C1(O)C(=O)OCc1ccc([N+](=O)[O-])cc1. The van der Waals surface area contributed by atoms with Gasteiger partial charge in [0.15, 0.2) is 0 Å². The molecule has 2 N–H and O–H groups in total. The maximum absolute atomic E-state index is 13.4. The third-order valence-electron chi connectivity index (χ3n) is 6.58. The number of non-ortho nitro benzene ring substituents is 1. The molecule has 2 aromatic carbocycles. The summed E-state index contributed by atoms with van der Waals surface area (Å²) < 4.78 is 15.9. The molecule has 0 spiro atoms. The average molecular weight is 602 g/mol. The summed E-state index contributed by atoms with van der Waals surface area (Å²) in [4.78, 5) is 63.0. The van der Waals surface area contributed by atoms with E-state index >= 15 is 0 Å². The number of nitrogens with one attached hydrogen (secondary N) is 1. The molecule has 2 amide bonds. The highest BCUT2D eigenvalue weighted by atomic mass is 32.2. The van der Waals surface area contributed by atoms with Gasteiger partial charge in [0.05, 0.1) is 22.6 Å². The van der Waals surface area contributed by atoms with Gasteiger partial charge < -0.3 is 24.6 Å². The maximum Gasteiger partial charge on any atom is 0.408 e. The predicted octanol–water partition coefficient (Wildman–Crippen LogP) is 2.68. The van der Waals surface area contributed by atoms with E-state index in [1.807, 2.05) is 6.07 Å². The number of esters is 2. The van der Waals surface area contributed by atoms with Crippen LogP contribution < -0.4 is 5.32 Å². The number of amides is 2. The van der Waals surface area contributed by atoms with E-state index in [4.69, 9.17) is 14.2 Å². The van der Waals surface area contributed by atoms with Gasteiger partial charge in [-0.25, -0.2) is 9.59 Å². The molecular weight excluding hydrogens is 570 g/mol. The van der Waals surface area contributed by atoms with Crippen molar-refractivity contribution in [1.82, 2.24) is 10.2 Å². The fourth-order valence-electron chi connectivity index (χ4n) is 4.61. The number of hydrogen-bond acceptors (Lipinski definition) is 11. The van der Waals surface area contributed by atoms with Gasteiger partial charge >= 0.3 is 18.0 Å². The van der Waals surface area contributed by atoms with Crippen LogP contribution in [-0.2, 0) is 41.8 Å². The summed E-state index contributed by atoms with van der Waals surface area (Å²) in [7, 11) is 0. The van der Waals surface area contributed by atoms with Crippen molar-refractivity contribution in [3.63, 3.8) is 0 Å². The second kappa shape index (κ2) is 12.4. The predicted molar refractivity (Wildman–Crippen MR) is 149 cm³/mol. The first-order chi connectivity index (χ1) is 19.8. The van der Waals surface area contributed by atoms with E-state index in [9.17, 15) is 34.4 Å². The van der Waals surface area contributed by atoms with Crippen LogP contribution in [0.25, 0.3) is 0 Å². The van der Waals surface area contributed by atoms with Gasteiger partial charge in [-0.05, 0) is 44.0 Å². The van der Waals surface area contributed by atoms with Crippen LogP contribution in [0.4, 0.5) is 10.5 Å². The van der Waals surface area contributed by atoms with Crippen LogP contribution in [0.15, 0.2) is 54.6 Å². The number of nitrogens with zero attached hydrogens (tertiary/aromatic N) is 2. The molecule has 2 fully saturated rings. The number of ether oxygens (including phenoxy) is 3. The molecule has 0 saturated carbocycles. The normalized spacial score (nSPS) is 23.2. The lowest BCUT2D eigenvalue weighted by Crippen LogP contribution is -2.83. The van der Waals surface area contributed by atoms with Crippen LogP contribution in [-0.4, -0.2) is 73.3 Å². The molecule has 2 unspecified atom stereocenters. The number of alkyl carbamates (subject to hydrolysis) is 1. The number of aliphatic hydroxyl groups is 1. The molecule has 14 heteroatoms. The Bertz CT molecular complexity index is 1350. The van der Waals surface area contributed by atoms with Gasteiger partial charge in [0.2, 0.25) is 0 Å². The monoisotopic (exact) mass is 601 g/mol. The van der Waals surface area contributed by atoms with Crippen molar-refractivity contribution >= 4 is 41.4 Å². The lowest BCUT2D eigenvalue weighted by Gasteiger charge is -2.58. The second-order valence-corrected chi connectivity index (χ2v) is 12.0. The molecule has 4 atom stereocenters. The summed E-state index contributed by atoms with van der Waals surface area (Å²) in [5, 5.41) is 24.0. The van der Waals surface area contributed by atoms with Crippen molar-refractivity contribution in [1.29, 1.82) is 0 Å². The Labute approximate surface area is 245 Å². The number of carbonyl (C=O) groups excluding carboxylic acids is 4. The van der Waals surface area contributed by atoms with Gasteiger partial charge in [0.25, 0.3) is 17.3 Å². The van der Waals surface area contributed by atoms with Gasteiger partial charge in [0.1, 0.15) is 24.9 Å². The number of hydrogen-bond donors (Lipinski definition) is 2. The standard InChI is InChI=1S/C28H31N3O10S/c1-27(2,3)41-22(32)13-21-28(36,25(34)39-14-18-9-11-19(12-10-18)31(37)38)30-20(16-42-21)23(24(30)33)29-26(35)40-15-17-7-5-4-6-8-17/h4-12,20-21,23,36H,13-16H2,1-3H3,(H,29,35)/t20-,21?,23+,28?/m1/s1. The largest absolute Gasteiger partial charge is 0.460 e. The van der Waals surface area contributed by atoms with Crippen LogP contribution in [0.2, 0.25) is 0 Å². The lowest BCUT2D eigenvalue weighted by molar-refractivity contribution is -0.384. The van der Waals surface area contributed by atoms with Crippen molar-refractivity contribution in [3.8, 4) is 0 Å². The molecule has 2 aromatic rings. The second-order valence-electron chi connectivity index (χ2n) is 10.8. The van der Waals surface area contributed by atoms with E-state index in [2.05, 4.69) is 5.32 Å². The third kappa shape index (κ3) is 6.82. The first kappa shape index (κ1) is 30.8. The lowest BCUT2D eigenvalue weighted by atomic mass is 9.89. The number of rotatable bonds is 9. The summed E-state index contributed by atoms with van der Waals surface area (Å²) in [6, 6.07) is 12.3. The molecule has 2 heterocycles. The summed E-state index contributed by atoms with van der Waals surface area (Å²) in [5.74, 6) is -2.43. The smallest absolute Gasteiger partial charge is 0.408 e. The first-order valence-electron chi connectivity index (χ1n) is 13.1. The van der Waals surface area contributed by atoms with Gasteiger partial charge in [-0.15, -0.1) is 0 Å². The van der Waals surface area contributed by atoms with Crippen molar-refractivity contribution in [2.45, 2.75) is 69.1 Å². The van der Waals surface area contributed by atoms with Crippen LogP contribution in [0.5, 0.6) is 0 Å². The van der Waals surface area contributed by atoms with Crippen molar-refractivity contribution < 1.29 is 43.4 Å². The van der Waals surface area contributed by atoms with E-state index in [0.717, 1.165) is 22.2 Å². The van der Waals surface area contributed by atoms with Gasteiger partial charge in [-0.3, -0.25) is 24.6 Å². The Morgan fingerprint density at radius 3 is 2.31 bits per heavy atom. The van der Waals surface area contributed by atoms with Crippen molar-refractivity contribution in [2.75, 3.05) is 5.75 Å². The molecule has 0 aliphatic carbocycles. The highest BCUT2D eigenvalue weighted by Crippen LogP contribution is 2.44. The summed E-state index contributed by atoms with van der Waals surface area (Å²) >= 11 is 1.07. The van der Waals surface area contributed by atoms with Crippen LogP contribution in [0.3, 0.4) is 0 Å². The fraction of sp³-hybridized carbons (Fsp3) is 0.429. The molecule has 0 bridgehead atoms. The zero-order valence-corrected chi connectivity index (χ0v) is 24.0. The Balaban J connectivity index is 1.48. The fourth-order valence-corrected chi connectivity index (χ4v) is 6.07. The Morgan fingerprint density at radius 1 is 1.07 bits per heavy atom. The van der Waals surface area contributed by atoms with E-state index in [1.165, 1.54) is 24.3 Å². The zero-order chi connectivity index (χ0) is 30.7. The average Bonchev–Trinajstić information content (AvgIpc) is 2.94. The minimum atomic E-state index is -2.56. The zero-order valence-electron chi connectivity index (χ0n) is 23.2. The number of thioether (sulfide) groups is 1. The minimum absolute atomic E-state index is 0.0203. The Kier molecular flexibility index (Phi) is 9.06. The van der Waals surface area contributed by atoms with Gasteiger partial charge in [-0.2, -0.15) is 11.8 Å². The third-order valence-corrected chi connectivity index (χ3v) is 8.01. The number of nitro groups is 1. The van der Waals surface area contributed by atoms with Crippen LogP contribution >= 0.6 is 11.8 Å². The van der Waals surface area contributed by atoms with E-state index < -0.39 is 63.9 Å². The number of nitro benzene ring substituents is 1. The highest BCUT2D eigenvalue weighted by Gasteiger charge is 2.66. The van der Waals surface area contributed by atoms with E-state index in [1.54, 1.807) is 45.0 Å². The topological polar surface area (TPSA) is 175 Å². The van der Waals surface area contributed by atoms with Gasteiger partial charge in [-0.1, -0.05) is 30.3 Å². The molecule has 4 rings (SSSR count). The number of fused-ring (bicyclic) bond motifs is 1. The summed E-state index contributed by atoms with van der Waals surface area (Å²) in [6.45, 7) is 4.64. The molecule has 2 aliphatic heterocycles. The molecule has 0 aromatic heterocycles. The van der Waals surface area contributed by atoms with Crippen molar-refractivity contribution in [2.24, 2.45) is 0 Å². The highest BCUT2D eigenvalue weighted by molar-refractivity contribution is 8.00. The maximum atomic E-state index is 13.4. The quantitative estimate of drug-likeness (QED) is 0.142. The Morgan fingerprint density at radius 2 is 1.69 bits per heavy atom. The molecular formula is C28H31N3O10S. The molecule has 224 valence electrons. The first-order valence-corrected chi connectivity index (χ1v) is 14.1. The van der Waals surface area contributed by atoms with Crippen molar-refractivity contribution in [3.05, 3.63) is 75.8 Å². The molecule has 0 radical (unpaired) electrons. The van der Waals surface area contributed by atoms with Crippen LogP contribution in [0, 0.1) is 10.1 Å². The molecule has 13 nitrogen and oxygen atoms in total. The Hall–Kier alpha value is -4.17. The minimum Gasteiger partial charge on any atom is -0.460 e. The number of carbonyl (C=O) groups is 4. The number of benzene rings is 2. The van der Waals surface area contributed by atoms with E-state index in [0.29, 0.717) is 5.56 Å². The number of β-lactam (4-membered cyclic amide) rings is 1. The molecule has 2 saturated heterocycles. The van der Waals surface area contributed by atoms with Crippen LogP contribution in [0.1, 0.15) is 38.3 Å². The summed E-state index contributed by atoms with van der Waals surface area (Å²) in [5.41, 5.74) is -2.39. The van der Waals surface area contributed by atoms with Gasteiger partial charge in [0, 0.05) is 17.9 Å². The molecule has 42 heavy (non-hydrogen) atoms.